The average molecular weight is 440 g/mol. The van der Waals surface area contributed by atoms with Crippen LogP contribution in [0.3, 0.4) is 0 Å². The fourth-order valence-electron chi connectivity index (χ4n) is 2.88. The molecule has 158 valence electrons. The molecule has 2 aromatic carbocycles. The number of benzene rings is 2. The summed E-state index contributed by atoms with van der Waals surface area (Å²) in [6, 6.07) is 7.04. The zero-order valence-electron chi connectivity index (χ0n) is 15.7. The van der Waals surface area contributed by atoms with Crippen LogP contribution in [-0.2, 0) is 25.1 Å². The Bertz CT molecular complexity index is 1220. The molecule has 0 atom stereocenters. The molecule has 1 aromatic heterocycles. The summed E-state index contributed by atoms with van der Waals surface area (Å²) < 4.78 is 41.2. The van der Waals surface area contributed by atoms with E-state index in [9.17, 15) is 32.9 Å². The lowest BCUT2D eigenvalue weighted by molar-refractivity contribution is -0.388. The van der Waals surface area contributed by atoms with Gasteiger partial charge in [0.05, 0.1) is 32.2 Å². The number of carbonyl (C=O) groups is 1. The highest BCUT2D eigenvalue weighted by Crippen LogP contribution is 2.36. The molecule has 8 nitrogen and oxygen atoms in total. The Balaban J connectivity index is 1.75. The number of thioether (sulfide) groups is 1. The number of halogens is 3. The topological polar surface area (TPSA) is 99.2 Å². The standard InChI is InChI=1S/C18H15F3N4O4S/c1-23-12-5-4-11(8-13(12)24(2)17(23)27)22-16(26)9-30-15-6-3-10(18(19,20)21)7-14(15)25(28)29/h3-8H,9H2,1-2H3,(H,22,26). The Hall–Kier alpha value is -3.28. The van der Waals surface area contributed by atoms with Gasteiger partial charge in [0.25, 0.3) is 5.69 Å². The molecular weight excluding hydrogens is 425 g/mol. The van der Waals surface area contributed by atoms with E-state index in [1.165, 1.54) is 9.13 Å². The van der Waals surface area contributed by atoms with Crippen LogP contribution in [0.2, 0.25) is 0 Å². The molecule has 0 saturated heterocycles. The Morgan fingerprint density at radius 1 is 1.13 bits per heavy atom. The monoisotopic (exact) mass is 440 g/mol. The number of hydrogen-bond acceptors (Lipinski definition) is 5. The Labute approximate surface area is 171 Å². The number of aromatic nitrogens is 2. The van der Waals surface area contributed by atoms with Crippen LogP contribution in [-0.4, -0.2) is 25.7 Å². The molecule has 0 spiro atoms. The maximum atomic E-state index is 12.8. The molecule has 12 heteroatoms. The summed E-state index contributed by atoms with van der Waals surface area (Å²) in [5, 5.41) is 13.7. The third-order valence-electron chi connectivity index (χ3n) is 4.40. The smallest absolute Gasteiger partial charge is 0.325 e. The van der Waals surface area contributed by atoms with E-state index in [1.807, 2.05) is 0 Å². The van der Waals surface area contributed by atoms with Crippen molar-refractivity contribution >= 4 is 40.1 Å². The number of carbonyl (C=O) groups excluding carboxylic acids is 1. The zero-order valence-corrected chi connectivity index (χ0v) is 16.5. The van der Waals surface area contributed by atoms with E-state index in [0.717, 1.165) is 23.9 Å². The van der Waals surface area contributed by atoms with Gasteiger partial charge in [-0.3, -0.25) is 24.0 Å². The molecule has 0 aliphatic carbocycles. The van der Waals surface area contributed by atoms with Gasteiger partial charge in [-0.05, 0) is 30.3 Å². The number of amides is 1. The highest BCUT2D eigenvalue weighted by Gasteiger charge is 2.33. The Kier molecular flexibility index (Phi) is 5.61. The van der Waals surface area contributed by atoms with Crippen molar-refractivity contribution in [2.45, 2.75) is 11.1 Å². The lowest BCUT2D eigenvalue weighted by atomic mass is 10.2. The molecule has 0 unspecified atom stereocenters. The number of alkyl halides is 3. The number of anilines is 1. The largest absolute Gasteiger partial charge is 0.416 e. The van der Waals surface area contributed by atoms with E-state index < -0.39 is 28.3 Å². The van der Waals surface area contributed by atoms with Crippen LogP contribution in [0.1, 0.15) is 5.56 Å². The number of nitro groups is 1. The normalized spacial score (nSPS) is 11.6. The second-order valence-corrected chi connectivity index (χ2v) is 7.40. The minimum absolute atomic E-state index is 0.0518. The van der Waals surface area contributed by atoms with Crippen LogP contribution >= 0.6 is 11.8 Å². The van der Waals surface area contributed by atoms with Crippen molar-refractivity contribution in [1.29, 1.82) is 0 Å². The van der Waals surface area contributed by atoms with Gasteiger partial charge in [-0.1, -0.05) is 0 Å². The van der Waals surface area contributed by atoms with Crippen LogP contribution in [0.4, 0.5) is 24.5 Å². The predicted molar refractivity (Wildman–Crippen MR) is 106 cm³/mol. The molecule has 0 aliphatic rings. The first-order valence-corrected chi connectivity index (χ1v) is 9.41. The minimum Gasteiger partial charge on any atom is -0.325 e. The molecule has 0 bridgehead atoms. The minimum atomic E-state index is -4.71. The van der Waals surface area contributed by atoms with Gasteiger partial charge in [0.2, 0.25) is 5.91 Å². The van der Waals surface area contributed by atoms with Gasteiger partial charge in [0.15, 0.2) is 0 Å². The van der Waals surface area contributed by atoms with E-state index >= 15 is 0 Å². The molecule has 3 rings (SSSR count). The Morgan fingerprint density at radius 3 is 2.43 bits per heavy atom. The Morgan fingerprint density at radius 2 is 1.80 bits per heavy atom. The van der Waals surface area contributed by atoms with Crippen LogP contribution in [0.5, 0.6) is 0 Å². The van der Waals surface area contributed by atoms with E-state index in [4.69, 9.17) is 0 Å². The number of nitrogens with one attached hydrogen (secondary N) is 1. The molecule has 0 aliphatic heterocycles. The van der Waals surface area contributed by atoms with Crippen LogP contribution < -0.4 is 11.0 Å². The SMILES string of the molecule is Cn1c(=O)n(C)c2cc(NC(=O)CSc3ccc(C(F)(F)F)cc3[N+](=O)[O-])ccc21. The predicted octanol–water partition coefficient (Wildman–Crippen LogP) is 3.53. The van der Waals surface area contributed by atoms with E-state index in [2.05, 4.69) is 5.32 Å². The maximum absolute atomic E-state index is 12.8. The molecule has 1 N–H and O–H groups in total. The fraction of sp³-hybridized carbons (Fsp3) is 0.222. The van der Waals surface area contributed by atoms with Crippen molar-refractivity contribution in [1.82, 2.24) is 9.13 Å². The lowest BCUT2D eigenvalue weighted by Crippen LogP contribution is -2.19. The number of aryl methyl sites for hydroxylation is 2. The summed E-state index contributed by atoms with van der Waals surface area (Å²) >= 11 is 0.755. The summed E-state index contributed by atoms with van der Waals surface area (Å²) in [5.41, 5.74) is -0.385. The van der Waals surface area contributed by atoms with Gasteiger partial charge in [-0.25, -0.2) is 4.79 Å². The highest BCUT2D eigenvalue weighted by atomic mass is 32.2. The second-order valence-electron chi connectivity index (χ2n) is 6.38. The van der Waals surface area contributed by atoms with Crippen molar-refractivity contribution < 1.29 is 22.9 Å². The quantitative estimate of drug-likeness (QED) is 0.372. The van der Waals surface area contributed by atoms with Gasteiger partial charge in [0, 0.05) is 25.8 Å². The summed E-state index contributed by atoms with van der Waals surface area (Å²) in [5.74, 6) is -0.757. The second kappa shape index (κ2) is 7.86. The van der Waals surface area contributed by atoms with Crippen LogP contribution in [0, 0.1) is 10.1 Å². The third-order valence-corrected chi connectivity index (χ3v) is 5.46. The average Bonchev–Trinajstić information content (AvgIpc) is 2.89. The first kappa shape index (κ1) is 21.4. The third kappa shape index (κ3) is 4.17. The first-order chi connectivity index (χ1) is 14.0. The van der Waals surface area contributed by atoms with E-state index in [1.54, 1.807) is 32.3 Å². The molecule has 1 heterocycles. The van der Waals surface area contributed by atoms with Gasteiger partial charge in [-0.15, -0.1) is 11.8 Å². The molecule has 0 saturated carbocycles. The summed E-state index contributed by atoms with van der Waals surface area (Å²) in [6.07, 6.45) is -4.71. The summed E-state index contributed by atoms with van der Waals surface area (Å²) in [6.45, 7) is 0. The zero-order chi connectivity index (χ0) is 22.2. The number of imidazole rings is 1. The lowest BCUT2D eigenvalue weighted by Gasteiger charge is -2.09. The molecule has 1 amide bonds. The van der Waals surface area contributed by atoms with Gasteiger partial charge in [0.1, 0.15) is 0 Å². The highest BCUT2D eigenvalue weighted by molar-refractivity contribution is 8.00. The van der Waals surface area contributed by atoms with Crippen molar-refractivity contribution in [2.24, 2.45) is 14.1 Å². The molecule has 3 aromatic rings. The summed E-state index contributed by atoms with van der Waals surface area (Å²) in [4.78, 5) is 34.3. The van der Waals surface area contributed by atoms with E-state index in [0.29, 0.717) is 22.8 Å². The number of hydrogen-bond donors (Lipinski definition) is 1. The van der Waals surface area contributed by atoms with E-state index in [-0.39, 0.29) is 16.3 Å². The number of rotatable bonds is 5. The number of nitro benzene ring substituents is 1. The molecule has 30 heavy (non-hydrogen) atoms. The maximum Gasteiger partial charge on any atom is 0.416 e. The van der Waals surface area contributed by atoms with Crippen molar-refractivity contribution in [3.05, 3.63) is 62.6 Å². The van der Waals surface area contributed by atoms with Crippen LogP contribution in [0.15, 0.2) is 46.1 Å². The van der Waals surface area contributed by atoms with Gasteiger partial charge >= 0.3 is 11.9 Å². The summed E-state index contributed by atoms with van der Waals surface area (Å²) in [7, 11) is 3.21. The fourth-order valence-corrected chi connectivity index (χ4v) is 3.69. The van der Waals surface area contributed by atoms with Crippen molar-refractivity contribution in [2.75, 3.05) is 11.1 Å². The molecule has 0 fully saturated rings. The molecule has 0 radical (unpaired) electrons. The molecular formula is C18H15F3N4O4S. The van der Waals surface area contributed by atoms with Gasteiger partial charge < -0.3 is 5.32 Å². The van der Waals surface area contributed by atoms with Crippen molar-refractivity contribution in [3.63, 3.8) is 0 Å². The van der Waals surface area contributed by atoms with Gasteiger partial charge in [-0.2, -0.15) is 13.2 Å². The van der Waals surface area contributed by atoms with Crippen LogP contribution in [0.25, 0.3) is 11.0 Å². The first-order valence-electron chi connectivity index (χ1n) is 8.43. The number of nitrogens with zero attached hydrogens (tertiary/aromatic N) is 3. The number of fused-ring (bicyclic) bond motifs is 1. The van der Waals surface area contributed by atoms with Crippen molar-refractivity contribution in [3.8, 4) is 0 Å².